The van der Waals surface area contributed by atoms with Crippen LogP contribution in [0.3, 0.4) is 0 Å². The molecule has 0 aliphatic carbocycles. The molecule has 8 nitrogen and oxygen atoms in total. The van der Waals surface area contributed by atoms with Crippen LogP contribution >= 0.6 is 0 Å². The van der Waals surface area contributed by atoms with Crippen molar-refractivity contribution >= 4 is 11.4 Å². The highest BCUT2D eigenvalue weighted by Crippen LogP contribution is 2.40. The van der Waals surface area contributed by atoms with E-state index in [1.54, 1.807) is 37.3 Å². The number of ether oxygens (including phenoxy) is 1. The summed E-state index contributed by atoms with van der Waals surface area (Å²) in [7, 11) is 0. The summed E-state index contributed by atoms with van der Waals surface area (Å²) in [5, 5.41) is 15.7. The van der Waals surface area contributed by atoms with Gasteiger partial charge < -0.3 is 14.2 Å². The minimum atomic E-state index is -0.404. The monoisotopic (exact) mass is 412 g/mol. The number of nitrogens with zero attached hydrogens (tertiary/aromatic N) is 4. The zero-order valence-electron chi connectivity index (χ0n) is 16.5. The van der Waals surface area contributed by atoms with Crippen molar-refractivity contribution in [2.75, 3.05) is 24.6 Å². The number of nitro benzene ring substituents is 1. The fourth-order valence-corrected chi connectivity index (χ4v) is 3.76. The summed E-state index contributed by atoms with van der Waals surface area (Å²) >= 11 is 0. The molecule has 4 rings (SSSR count). The molecule has 1 atom stereocenters. The molecule has 0 bridgehead atoms. The maximum atomic E-state index is 13.5. The minimum Gasteiger partial charge on any atom is -0.487 e. The van der Waals surface area contributed by atoms with Gasteiger partial charge in [0.1, 0.15) is 11.5 Å². The summed E-state index contributed by atoms with van der Waals surface area (Å²) in [6.07, 6.45) is 1.64. The van der Waals surface area contributed by atoms with Gasteiger partial charge in [-0.15, -0.1) is 0 Å². The Hall–Kier alpha value is -3.49. The van der Waals surface area contributed by atoms with E-state index >= 15 is 0 Å². The van der Waals surface area contributed by atoms with Crippen LogP contribution in [0.2, 0.25) is 0 Å². The Morgan fingerprint density at radius 2 is 2.17 bits per heavy atom. The predicted octanol–water partition coefficient (Wildman–Crippen LogP) is 4.57. The molecule has 1 saturated heterocycles. The third-order valence-electron chi connectivity index (χ3n) is 5.10. The first-order valence-electron chi connectivity index (χ1n) is 9.81. The Balaban J connectivity index is 1.59. The summed E-state index contributed by atoms with van der Waals surface area (Å²) in [5.74, 6) is 0.579. The fourth-order valence-electron chi connectivity index (χ4n) is 3.76. The molecule has 2 aromatic carbocycles. The fraction of sp³-hybridized carbons (Fsp3) is 0.333. The molecular weight excluding hydrogens is 391 g/mol. The highest BCUT2D eigenvalue weighted by atomic mass is 19.1. The smallest absolute Gasteiger partial charge is 0.333 e. The molecule has 1 aromatic heterocycles. The second-order valence-electron chi connectivity index (χ2n) is 7.07. The van der Waals surface area contributed by atoms with Crippen LogP contribution in [0.5, 0.6) is 5.75 Å². The SMILES string of the molecule is CCOc1cccc(N2CCCC(c3nc(-c4cccc(F)c4)no3)C2)c1[N+](=O)[O-]. The van der Waals surface area contributed by atoms with Crippen LogP contribution in [-0.2, 0) is 0 Å². The number of benzene rings is 2. The number of halogens is 1. The average Bonchev–Trinajstić information content (AvgIpc) is 3.24. The predicted molar refractivity (Wildman–Crippen MR) is 108 cm³/mol. The first kappa shape index (κ1) is 19.8. The summed E-state index contributed by atoms with van der Waals surface area (Å²) in [5.41, 5.74) is 1.02. The molecule has 1 fully saturated rings. The third-order valence-corrected chi connectivity index (χ3v) is 5.10. The molecule has 0 saturated carbocycles. The Morgan fingerprint density at radius 3 is 2.93 bits per heavy atom. The van der Waals surface area contributed by atoms with Crippen molar-refractivity contribution in [3.8, 4) is 17.1 Å². The second-order valence-corrected chi connectivity index (χ2v) is 7.07. The van der Waals surface area contributed by atoms with Gasteiger partial charge in [-0.1, -0.05) is 23.4 Å². The van der Waals surface area contributed by atoms with Gasteiger partial charge in [-0.2, -0.15) is 4.98 Å². The highest BCUT2D eigenvalue weighted by Gasteiger charge is 2.31. The number of para-hydroxylation sites is 1. The van der Waals surface area contributed by atoms with E-state index in [9.17, 15) is 14.5 Å². The minimum absolute atomic E-state index is 0.0361. The van der Waals surface area contributed by atoms with Crippen molar-refractivity contribution in [1.29, 1.82) is 0 Å². The first-order chi connectivity index (χ1) is 14.6. The summed E-state index contributed by atoms with van der Waals surface area (Å²) in [4.78, 5) is 17.7. The van der Waals surface area contributed by atoms with Crippen LogP contribution in [0.25, 0.3) is 11.4 Å². The van der Waals surface area contributed by atoms with E-state index in [1.807, 2.05) is 4.90 Å². The number of piperidine rings is 1. The molecule has 0 spiro atoms. The van der Waals surface area contributed by atoms with Crippen molar-refractivity contribution in [3.05, 3.63) is 64.3 Å². The Kier molecular flexibility index (Phi) is 5.60. The maximum Gasteiger partial charge on any atom is 0.333 e. The first-order valence-corrected chi connectivity index (χ1v) is 9.81. The number of aromatic nitrogens is 2. The van der Waals surface area contributed by atoms with E-state index in [1.165, 1.54) is 12.1 Å². The number of hydrogen-bond donors (Lipinski definition) is 0. The van der Waals surface area contributed by atoms with Crippen LogP contribution < -0.4 is 9.64 Å². The summed E-state index contributed by atoms with van der Waals surface area (Å²) < 4.78 is 24.4. The summed E-state index contributed by atoms with van der Waals surface area (Å²) in [6, 6.07) is 11.1. The lowest BCUT2D eigenvalue weighted by Crippen LogP contribution is -2.35. The normalized spacial score (nSPS) is 16.5. The van der Waals surface area contributed by atoms with Gasteiger partial charge in [0.05, 0.1) is 17.4 Å². The Labute approximate surface area is 172 Å². The van der Waals surface area contributed by atoms with Crippen molar-refractivity contribution in [2.45, 2.75) is 25.7 Å². The van der Waals surface area contributed by atoms with E-state index in [0.717, 1.165) is 12.8 Å². The van der Waals surface area contributed by atoms with Crippen molar-refractivity contribution in [3.63, 3.8) is 0 Å². The lowest BCUT2D eigenvalue weighted by Gasteiger charge is -2.32. The molecule has 0 N–H and O–H groups in total. The molecule has 1 aliphatic heterocycles. The quantitative estimate of drug-likeness (QED) is 0.432. The van der Waals surface area contributed by atoms with E-state index in [4.69, 9.17) is 9.26 Å². The molecule has 3 aromatic rings. The third kappa shape index (κ3) is 3.96. The molecule has 1 unspecified atom stereocenters. The van der Waals surface area contributed by atoms with Gasteiger partial charge in [-0.05, 0) is 44.0 Å². The van der Waals surface area contributed by atoms with Crippen molar-refractivity contribution in [2.24, 2.45) is 0 Å². The zero-order valence-corrected chi connectivity index (χ0v) is 16.5. The molecule has 0 radical (unpaired) electrons. The standard InChI is InChI=1S/C21H21FN4O4/c1-2-29-18-10-4-9-17(19(18)26(27)28)25-11-5-7-15(13-25)21-23-20(24-30-21)14-6-3-8-16(22)12-14/h3-4,6,8-10,12,15H,2,5,7,11,13H2,1H3. The van der Waals surface area contributed by atoms with Gasteiger partial charge in [-0.3, -0.25) is 10.1 Å². The lowest BCUT2D eigenvalue weighted by molar-refractivity contribution is -0.385. The van der Waals surface area contributed by atoms with Crippen LogP contribution in [0.15, 0.2) is 47.0 Å². The van der Waals surface area contributed by atoms with E-state index in [2.05, 4.69) is 10.1 Å². The van der Waals surface area contributed by atoms with E-state index in [0.29, 0.717) is 42.7 Å². The largest absolute Gasteiger partial charge is 0.487 e. The highest BCUT2D eigenvalue weighted by molar-refractivity contribution is 5.70. The second kappa shape index (κ2) is 8.48. The molecule has 1 aliphatic rings. The number of anilines is 1. The topological polar surface area (TPSA) is 94.5 Å². The van der Waals surface area contributed by atoms with E-state index < -0.39 is 4.92 Å². The van der Waals surface area contributed by atoms with Crippen LogP contribution in [0.1, 0.15) is 31.6 Å². The van der Waals surface area contributed by atoms with Crippen molar-refractivity contribution < 1.29 is 18.6 Å². The van der Waals surface area contributed by atoms with Crippen molar-refractivity contribution in [1.82, 2.24) is 10.1 Å². The molecule has 2 heterocycles. The molecule has 30 heavy (non-hydrogen) atoms. The number of rotatable bonds is 6. The van der Waals surface area contributed by atoms with Gasteiger partial charge in [0.2, 0.25) is 11.7 Å². The van der Waals surface area contributed by atoms with Gasteiger partial charge in [0, 0.05) is 18.7 Å². The van der Waals surface area contributed by atoms with E-state index in [-0.39, 0.29) is 23.2 Å². The molecule has 0 amide bonds. The molecular formula is C21H21FN4O4. The van der Waals surface area contributed by atoms with Crippen LogP contribution in [0.4, 0.5) is 15.8 Å². The van der Waals surface area contributed by atoms with Crippen LogP contribution in [-0.4, -0.2) is 34.8 Å². The van der Waals surface area contributed by atoms with Crippen LogP contribution in [0, 0.1) is 15.9 Å². The summed E-state index contributed by atoms with van der Waals surface area (Å²) in [6.45, 7) is 3.32. The van der Waals surface area contributed by atoms with Gasteiger partial charge in [0.15, 0.2) is 5.75 Å². The number of hydrogen-bond acceptors (Lipinski definition) is 7. The van der Waals surface area contributed by atoms with Gasteiger partial charge >= 0.3 is 5.69 Å². The number of nitro groups is 1. The molecule has 156 valence electrons. The maximum absolute atomic E-state index is 13.5. The lowest BCUT2D eigenvalue weighted by atomic mass is 9.97. The Morgan fingerprint density at radius 1 is 1.33 bits per heavy atom. The van der Waals surface area contributed by atoms with Gasteiger partial charge in [-0.25, -0.2) is 4.39 Å². The van der Waals surface area contributed by atoms with Gasteiger partial charge in [0.25, 0.3) is 0 Å². The zero-order chi connectivity index (χ0) is 21.1. The Bertz CT molecular complexity index is 1050. The average molecular weight is 412 g/mol. The molecule has 9 heteroatoms.